The third-order valence-electron chi connectivity index (χ3n) is 2.74. The van der Waals surface area contributed by atoms with Crippen molar-refractivity contribution in [2.75, 3.05) is 0 Å². The van der Waals surface area contributed by atoms with Gasteiger partial charge in [0.1, 0.15) is 0 Å². The lowest BCUT2D eigenvalue weighted by molar-refractivity contribution is 0.313. The first-order chi connectivity index (χ1) is 5.38. The second kappa shape index (κ2) is 4.69. The molecule has 2 atom stereocenters. The van der Waals surface area contributed by atoms with Gasteiger partial charge in [-0.25, -0.2) is 0 Å². The largest absolute Gasteiger partial charge is 0.0854 e. The molecule has 0 aliphatic heterocycles. The van der Waals surface area contributed by atoms with E-state index < -0.39 is 0 Å². The Labute approximate surface area is 78.1 Å². The van der Waals surface area contributed by atoms with Gasteiger partial charge in [-0.05, 0) is 17.3 Å². The van der Waals surface area contributed by atoms with Gasteiger partial charge in [-0.2, -0.15) is 0 Å². The van der Waals surface area contributed by atoms with Crippen LogP contribution < -0.4 is 0 Å². The molecule has 0 amide bonds. The molecule has 72 valence electrons. The number of hydrogen-bond acceptors (Lipinski definition) is 0. The quantitative estimate of drug-likeness (QED) is 0.552. The zero-order chi connectivity index (χ0) is 9.78. The van der Waals surface area contributed by atoms with E-state index in [9.17, 15) is 0 Å². The van der Waals surface area contributed by atoms with Gasteiger partial charge in [0, 0.05) is 0 Å². The summed E-state index contributed by atoms with van der Waals surface area (Å²) in [6, 6.07) is 0. The first kappa shape index (κ1) is 11.7. The number of rotatable bonds is 3. The highest BCUT2D eigenvalue weighted by atomic mass is 14.2. The van der Waals surface area contributed by atoms with E-state index in [-0.39, 0.29) is 0 Å². The van der Waals surface area contributed by atoms with Crippen LogP contribution in [0.1, 0.15) is 48.0 Å². The van der Waals surface area contributed by atoms with Crippen molar-refractivity contribution in [1.29, 1.82) is 0 Å². The van der Waals surface area contributed by atoms with Crippen molar-refractivity contribution in [3.63, 3.8) is 0 Å². The van der Waals surface area contributed by atoms with Gasteiger partial charge in [-0.15, -0.1) is 0 Å². The Balaban J connectivity index is 3.99. The molecule has 0 aromatic heterocycles. The molecule has 0 aromatic rings. The Morgan fingerprint density at radius 2 is 1.58 bits per heavy atom. The van der Waals surface area contributed by atoms with Gasteiger partial charge in [0.05, 0.1) is 0 Å². The maximum absolute atomic E-state index is 2.36. The summed E-state index contributed by atoms with van der Waals surface area (Å²) < 4.78 is 0. The van der Waals surface area contributed by atoms with E-state index in [2.05, 4.69) is 53.7 Å². The molecule has 0 fully saturated rings. The fourth-order valence-corrected chi connectivity index (χ4v) is 0.781. The van der Waals surface area contributed by atoms with Crippen molar-refractivity contribution in [3.05, 3.63) is 12.2 Å². The molecule has 0 spiro atoms. The molecule has 0 heteroatoms. The molecule has 0 rings (SSSR count). The lowest BCUT2D eigenvalue weighted by atomic mass is 9.81. The SMILES string of the molecule is CCC(C)/C=C/[C@@H](C)C(C)(C)C. The van der Waals surface area contributed by atoms with Gasteiger partial charge < -0.3 is 0 Å². The van der Waals surface area contributed by atoms with E-state index >= 15 is 0 Å². The van der Waals surface area contributed by atoms with Crippen molar-refractivity contribution in [2.45, 2.75) is 48.0 Å². The van der Waals surface area contributed by atoms with E-state index in [1.165, 1.54) is 6.42 Å². The summed E-state index contributed by atoms with van der Waals surface area (Å²) in [6.07, 6.45) is 5.94. The van der Waals surface area contributed by atoms with Crippen molar-refractivity contribution in [3.8, 4) is 0 Å². The predicted molar refractivity (Wildman–Crippen MR) is 57.2 cm³/mol. The predicted octanol–water partition coefficient (Wildman–Crippen LogP) is 4.27. The minimum absolute atomic E-state index is 0.407. The van der Waals surface area contributed by atoms with Crippen LogP contribution in [-0.4, -0.2) is 0 Å². The number of hydrogen-bond donors (Lipinski definition) is 0. The van der Waals surface area contributed by atoms with Crippen LogP contribution in [0.2, 0.25) is 0 Å². The highest BCUT2D eigenvalue weighted by Crippen LogP contribution is 2.26. The maximum atomic E-state index is 2.36. The lowest BCUT2D eigenvalue weighted by Gasteiger charge is -2.24. The monoisotopic (exact) mass is 168 g/mol. The zero-order valence-electron chi connectivity index (χ0n) is 9.52. The Morgan fingerprint density at radius 3 is 1.92 bits per heavy atom. The Bertz CT molecular complexity index is 137. The lowest BCUT2D eigenvalue weighted by Crippen LogP contribution is -2.14. The van der Waals surface area contributed by atoms with Gasteiger partial charge in [0.25, 0.3) is 0 Å². The molecule has 0 radical (unpaired) electrons. The van der Waals surface area contributed by atoms with Crippen LogP contribution in [0.4, 0.5) is 0 Å². The van der Waals surface area contributed by atoms with Crippen LogP contribution in [0.15, 0.2) is 12.2 Å². The van der Waals surface area contributed by atoms with Gasteiger partial charge >= 0.3 is 0 Å². The van der Waals surface area contributed by atoms with Crippen LogP contribution in [-0.2, 0) is 0 Å². The summed E-state index contributed by atoms with van der Waals surface area (Å²) in [5.74, 6) is 1.40. The molecule has 12 heavy (non-hydrogen) atoms. The molecular weight excluding hydrogens is 144 g/mol. The molecule has 0 N–H and O–H groups in total. The molecule has 0 saturated heterocycles. The van der Waals surface area contributed by atoms with Crippen molar-refractivity contribution >= 4 is 0 Å². The van der Waals surface area contributed by atoms with E-state index in [0.717, 1.165) is 5.92 Å². The van der Waals surface area contributed by atoms with Gasteiger partial charge in [-0.1, -0.05) is 60.1 Å². The summed E-state index contributed by atoms with van der Waals surface area (Å²) in [6.45, 7) is 13.7. The summed E-state index contributed by atoms with van der Waals surface area (Å²) in [7, 11) is 0. The molecule has 0 nitrogen and oxygen atoms in total. The van der Waals surface area contributed by atoms with Crippen LogP contribution in [0.5, 0.6) is 0 Å². The molecular formula is C12H24. The van der Waals surface area contributed by atoms with Gasteiger partial charge in [0.2, 0.25) is 0 Å². The van der Waals surface area contributed by atoms with E-state index in [1.807, 2.05) is 0 Å². The molecule has 0 bridgehead atoms. The molecule has 0 aliphatic carbocycles. The summed E-state index contributed by atoms with van der Waals surface area (Å²) in [4.78, 5) is 0. The highest BCUT2D eigenvalue weighted by molar-refractivity contribution is 4.93. The number of allylic oxidation sites excluding steroid dienone is 2. The van der Waals surface area contributed by atoms with Gasteiger partial charge in [0.15, 0.2) is 0 Å². The smallest absolute Gasteiger partial charge is 0.0213 e. The average molecular weight is 168 g/mol. The minimum atomic E-state index is 0.407. The molecule has 0 saturated carbocycles. The zero-order valence-corrected chi connectivity index (χ0v) is 9.52. The highest BCUT2D eigenvalue weighted by Gasteiger charge is 2.16. The van der Waals surface area contributed by atoms with Crippen molar-refractivity contribution < 1.29 is 0 Å². The normalized spacial score (nSPS) is 18.2. The second-order valence-electron chi connectivity index (χ2n) is 4.93. The Kier molecular flexibility index (Phi) is 4.59. The molecule has 0 aliphatic rings. The van der Waals surface area contributed by atoms with E-state index in [0.29, 0.717) is 11.3 Å². The first-order valence-corrected chi connectivity index (χ1v) is 5.06. The van der Waals surface area contributed by atoms with E-state index in [4.69, 9.17) is 0 Å². The van der Waals surface area contributed by atoms with Crippen LogP contribution >= 0.6 is 0 Å². The molecule has 1 unspecified atom stereocenters. The summed E-state index contributed by atoms with van der Waals surface area (Å²) in [5, 5.41) is 0. The average Bonchev–Trinajstić information content (AvgIpc) is 1.97. The van der Waals surface area contributed by atoms with Gasteiger partial charge in [-0.3, -0.25) is 0 Å². The minimum Gasteiger partial charge on any atom is -0.0854 e. The maximum Gasteiger partial charge on any atom is -0.0213 e. The standard InChI is InChI=1S/C12H24/c1-7-10(2)8-9-11(3)12(4,5)6/h8-11H,7H2,1-6H3/b9-8+/t10?,11-/m1/s1. The molecule has 0 aromatic carbocycles. The van der Waals surface area contributed by atoms with Crippen LogP contribution in [0, 0.1) is 17.3 Å². The fourth-order valence-electron chi connectivity index (χ4n) is 0.781. The summed E-state index contributed by atoms with van der Waals surface area (Å²) in [5.41, 5.74) is 0.407. The second-order valence-corrected chi connectivity index (χ2v) is 4.93. The van der Waals surface area contributed by atoms with Crippen molar-refractivity contribution in [1.82, 2.24) is 0 Å². The summed E-state index contributed by atoms with van der Waals surface area (Å²) >= 11 is 0. The topological polar surface area (TPSA) is 0 Å². The van der Waals surface area contributed by atoms with Crippen LogP contribution in [0.25, 0.3) is 0 Å². The Morgan fingerprint density at radius 1 is 1.08 bits per heavy atom. The third-order valence-corrected chi connectivity index (χ3v) is 2.74. The van der Waals surface area contributed by atoms with E-state index in [1.54, 1.807) is 0 Å². The third kappa shape index (κ3) is 4.58. The Hall–Kier alpha value is -0.260. The molecule has 0 heterocycles. The first-order valence-electron chi connectivity index (χ1n) is 5.06. The van der Waals surface area contributed by atoms with Crippen LogP contribution in [0.3, 0.4) is 0 Å². The fraction of sp³-hybridized carbons (Fsp3) is 0.833. The van der Waals surface area contributed by atoms with Crippen molar-refractivity contribution in [2.24, 2.45) is 17.3 Å².